The summed E-state index contributed by atoms with van der Waals surface area (Å²) in [5.74, 6) is -0.974. The van der Waals surface area contributed by atoms with Gasteiger partial charge in [-0.2, -0.15) is 0 Å². The number of carbonyl (C=O) groups is 1. The Morgan fingerprint density at radius 1 is 1.80 bits per heavy atom. The fourth-order valence-corrected chi connectivity index (χ4v) is 2.43. The molecule has 1 fully saturated rings. The van der Waals surface area contributed by atoms with Gasteiger partial charge < -0.3 is 14.7 Å². The highest BCUT2D eigenvalue weighted by molar-refractivity contribution is 7.13. The number of hydrogen-bond acceptors (Lipinski definition) is 5. The molecule has 1 aromatic rings. The molecule has 0 aromatic carbocycles. The van der Waals surface area contributed by atoms with Crippen molar-refractivity contribution in [3.8, 4) is 0 Å². The van der Waals surface area contributed by atoms with Gasteiger partial charge in [0.25, 0.3) is 0 Å². The van der Waals surface area contributed by atoms with E-state index in [9.17, 15) is 4.79 Å². The summed E-state index contributed by atoms with van der Waals surface area (Å²) in [7, 11) is 0. The maximum absolute atomic E-state index is 10.7. The van der Waals surface area contributed by atoms with Gasteiger partial charge >= 0.3 is 5.97 Å². The highest BCUT2D eigenvalue weighted by Crippen LogP contribution is 2.23. The van der Waals surface area contributed by atoms with Crippen LogP contribution in [0.1, 0.15) is 17.4 Å². The third kappa shape index (κ3) is 2.10. The Kier molecular flexibility index (Phi) is 2.88. The summed E-state index contributed by atoms with van der Waals surface area (Å²) in [5.41, 5.74) is 0.119. The number of nitrogens with zero attached hydrogens (tertiary/aromatic N) is 2. The summed E-state index contributed by atoms with van der Waals surface area (Å²) in [4.78, 5) is 16.8. The van der Waals surface area contributed by atoms with E-state index in [0.29, 0.717) is 13.2 Å². The van der Waals surface area contributed by atoms with Crippen molar-refractivity contribution < 1.29 is 14.6 Å². The first-order valence-corrected chi connectivity index (χ1v) is 5.59. The zero-order valence-corrected chi connectivity index (χ0v) is 9.16. The van der Waals surface area contributed by atoms with Gasteiger partial charge in [-0.1, -0.05) is 0 Å². The van der Waals surface area contributed by atoms with Crippen LogP contribution in [0, 0.1) is 0 Å². The van der Waals surface area contributed by atoms with Crippen molar-refractivity contribution in [1.29, 1.82) is 0 Å². The third-order valence-electron chi connectivity index (χ3n) is 2.32. The monoisotopic (exact) mass is 228 g/mol. The minimum absolute atomic E-state index is 0.119. The van der Waals surface area contributed by atoms with Crippen LogP contribution in [0.15, 0.2) is 5.38 Å². The van der Waals surface area contributed by atoms with Crippen LogP contribution in [0.3, 0.4) is 0 Å². The smallest absolute Gasteiger partial charge is 0.355 e. The lowest BCUT2D eigenvalue weighted by molar-refractivity contribution is 0.0691. The van der Waals surface area contributed by atoms with Crippen molar-refractivity contribution in [2.45, 2.75) is 13.0 Å². The second-order valence-corrected chi connectivity index (χ2v) is 4.27. The molecular formula is C9H12N2O3S. The van der Waals surface area contributed by atoms with Gasteiger partial charge in [0.15, 0.2) is 10.8 Å². The number of aromatic nitrogens is 1. The molecule has 0 aliphatic carbocycles. The van der Waals surface area contributed by atoms with Gasteiger partial charge in [0.05, 0.1) is 19.3 Å². The number of aromatic carboxylic acids is 1. The highest BCUT2D eigenvalue weighted by atomic mass is 32.1. The SMILES string of the molecule is CC1COCCN1c1nc(C(=O)O)cs1. The van der Waals surface area contributed by atoms with Gasteiger partial charge in [0.2, 0.25) is 0 Å². The quantitative estimate of drug-likeness (QED) is 0.820. The average molecular weight is 228 g/mol. The van der Waals surface area contributed by atoms with Crippen molar-refractivity contribution >= 4 is 22.4 Å². The zero-order chi connectivity index (χ0) is 10.8. The van der Waals surface area contributed by atoms with Crippen molar-refractivity contribution in [3.05, 3.63) is 11.1 Å². The Labute approximate surface area is 91.3 Å². The molecule has 1 saturated heterocycles. The van der Waals surface area contributed by atoms with Crippen molar-refractivity contribution in [3.63, 3.8) is 0 Å². The van der Waals surface area contributed by atoms with Crippen molar-refractivity contribution in [2.75, 3.05) is 24.7 Å². The lowest BCUT2D eigenvalue weighted by Gasteiger charge is -2.32. The molecule has 82 valence electrons. The van der Waals surface area contributed by atoms with Gasteiger partial charge in [0, 0.05) is 11.9 Å². The third-order valence-corrected chi connectivity index (χ3v) is 3.20. The number of hydrogen-bond donors (Lipinski definition) is 1. The Morgan fingerprint density at radius 2 is 2.60 bits per heavy atom. The van der Waals surface area contributed by atoms with E-state index >= 15 is 0 Å². The van der Waals surface area contributed by atoms with Crippen molar-refractivity contribution in [1.82, 2.24) is 4.98 Å². The summed E-state index contributed by atoms with van der Waals surface area (Å²) in [6, 6.07) is 0.256. The predicted molar refractivity (Wildman–Crippen MR) is 56.7 cm³/mol. The van der Waals surface area contributed by atoms with Crippen LogP contribution in [-0.4, -0.2) is 41.9 Å². The molecule has 1 aromatic heterocycles. The number of carboxylic acids is 1. The van der Waals surface area contributed by atoms with Gasteiger partial charge in [-0.15, -0.1) is 11.3 Å². The zero-order valence-electron chi connectivity index (χ0n) is 8.34. The minimum Gasteiger partial charge on any atom is -0.476 e. The topological polar surface area (TPSA) is 62.7 Å². The van der Waals surface area contributed by atoms with Crippen LogP contribution in [0.5, 0.6) is 0 Å². The van der Waals surface area contributed by atoms with E-state index in [1.165, 1.54) is 11.3 Å². The van der Waals surface area contributed by atoms with E-state index in [1.807, 2.05) is 6.92 Å². The molecule has 5 nitrogen and oxygen atoms in total. The molecule has 0 bridgehead atoms. The Bertz CT molecular complexity index is 366. The number of carboxylic acid groups (broad SMARTS) is 1. The summed E-state index contributed by atoms with van der Waals surface area (Å²) < 4.78 is 5.31. The molecule has 6 heteroatoms. The van der Waals surface area contributed by atoms with E-state index in [4.69, 9.17) is 9.84 Å². The Hall–Kier alpha value is -1.14. The molecule has 0 radical (unpaired) electrons. The molecule has 1 aliphatic heterocycles. The second-order valence-electron chi connectivity index (χ2n) is 3.44. The Morgan fingerprint density at radius 3 is 3.20 bits per heavy atom. The molecule has 0 amide bonds. The van der Waals surface area contributed by atoms with Crippen LogP contribution in [0.2, 0.25) is 0 Å². The molecule has 15 heavy (non-hydrogen) atoms. The summed E-state index contributed by atoms with van der Waals surface area (Å²) >= 11 is 1.37. The number of ether oxygens (including phenoxy) is 1. The molecular weight excluding hydrogens is 216 g/mol. The van der Waals surface area contributed by atoms with E-state index in [-0.39, 0.29) is 11.7 Å². The number of rotatable bonds is 2. The van der Waals surface area contributed by atoms with E-state index in [0.717, 1.165) is 11.7 Å². The first kappa shape index (κ1) is 10.4. The van der Waals surface area contributed by atoms with E-state index < -0.39 is 5.97 Å². The van der Waals surface area contributed by atoms with E-state index in [2.05, 4.69) is 9.88 Å². The molecule has 1 N–H and O–H groups in total. The second kappa shape index (κ2) is 4.16. The average Bonchev–Trinajstić information content (AvgIpc) is 2.67. The number of thiazole rings is 1. The summed E-state index contributed by atoms with van der Waals surface area (Å²) in [5, 5.41) is 11.1. The van der Waals surface area contributed by atoms with E-state index in [1.54, 1.807) is 5.38 Å². The first-order valence-electron chi connectivity index (χ1n) is 4.71. The molecule has 1 unspecified atom stereocenters. The van der Waals surface area contributed by atoms with Gasteiger partial charge in [-0.25, -0.2) is 9.78 Å². The molecule has 0 saturated carbocycles. The van der Waals surface area contributed by atoms with Crippen LogP contribution < -0.4 is 4.90 Å². The molecule has 1 atom stereocenters. The Balaban J connectivity index is 2.17. The normalized spacial score (nSPS) is 21.7. The largest absolute Gasteiger partial charge is 0.476 e. The summed E-state index contributed by atoms with van der Waals surface area (Å²) in [6.45, 7) is 4.16. The maximum atomic E-state index is 10.7. The highest BCUT2D eigenvalue weighted by Gasteiger charge is 2.22. The standard InChI is InChI=1S/C9H12N2O3S/c1-6-4-14-3-2-11(6)9-10-7(5-15-9)8(12)13/h5-6H,2-4H2,1H3,(H,12,13). The lowest BCUT2D eigenvalue weighted by atomic mass is 10.3. The van der Waals surface area contributed by atoms with Crippen LogP contribution in [0.25, 0.3) is 0 Å². The minimum atomic E-state index is -0.974. The number of morpholine rings is 1. The van der Waals surface area contributed by atoms with Crippen LogP contribution >= 0.6 is 11.3 Å². The fourth-order valence-electron chi connectivity index (χ4n) is 1.51. The molecule has 0 spiro atoms. The first-order chi connectivity index (χ1) is 7.18. The molecule has 2 heterocycles. The molecule has 1 aliphatic rings. The van der Waals surface area contributed by atoms with Crippen molar-refractivity contribution in [2.24, 2.45) is 0 Å². The summed E-state index contributed by atoms with van der Waals surface area (Å²) in [6.07, 6.45) is 0. The number of anilines is 1. The predicted octanol–water partition coefficient (Wildman–Crippen LogP) is 1.07. The van der Waals surface area contributed by atoms with Crippen LogP contribution in [0.4, 0.5) is 5.13 Å². The van der Waals surface area contributed by atoms with Gasteiger partial charge in [-0.05, 0) is 6.92 Å². The van der Waals surface area contributed by atoms with Crippen LogP contribution in [-0.2, 0) is 4.74 Å². The van der Waals surface area contributed by atoms with Gasteiger partial charge in [-0.3, -0.25) is 0 Å². The lowest BCUT2D eigenvalue weighted by Crippen LogP contribution is -2.43. The maximum Gasteiger partial charge on any atom is 0.355 e. The fraction of sp³-hybridized carbons (Fsp3) is 0.556. The molecule has 2 rings (SSSR count). The van der Waals surface area contributed by atoms with Gasteiger partial charge in [0.1, 0.15) is 0 Å².